The predicted octanol–water partition coefficient (Wildman–Crippen LogP) is 4.17. The first-order chi connectivity index (χ1) is 10.1. The summed E-state index contributed by atoms with van der Waals surface area (Å²) >= 11 is 0. The van der Waals surface area contributed by atoms with Crippen molar-refractivity contribution in [2.24, 2.45) is 17.8 Å². The van der Waals surface area contributed by atoms with Gasteiger partial charge in [0.1, 0.15) is 0 Å². The molecule has 0 fully saturated rings. The fraction of sp³-hybridized carbons (Fsp3) is 1.00. The van der Waals surface area contributed by atoms with E-state index in [4.69, 9.17) is 4.55 Å². The van der Waals surface area contributed by atoms with Crippen LogP contribution >= 0.6 is 0 Å². The van der Waals surface area contributed by atoms with Crippen molar-refractivity contribution >= 4 is 10.4 Å². The van der Waals surface area contributed by atoms with Crippen molar-refractivity contribution in [2.75, 3.05) is 0 Å². The normalized spacial score (nSPS) is 16.7. The third-order valence-electron chi connectivity index (χ3n) is 4.13. The van der Waals surface area contributed by atoms with Gasteiger partial charge in [0.05, 0.1) is 0 Å². The van der Waals surface area contributed by atoms with Crippen LogP contribution < -0.4 is 0 Å². The van der Waals surface area contributed by atoms with Gasteiger partial charge in [-0.25, -0.2) is 4.18 Å². The average molecular weight is 339 g/mol. The second kappa shape index (κ2) is 11.4. The molecular formula is C16H34O5S. The zero-order valence-corrected chi connectivity index (χ0v) is 15.3. The maximum absolute atomic E-state index is 10.5. The van der Waals surface area contributed by atoms with E-state index in [1.807, 2.05) is 6.92 Å². The van der Waals surface area contributed by atoms with Crippen LogP contribution in [-0.4, -0.2) is 24.4 Å². The molecule has 134 valence electrons. The first-order valence-electron chi connectivity index (χ1n) is 8.47. The second-order valence-electron chi connectivity index (χ2n) is 6.85. The predicted molar refractivity (Wildman–Crippen MR) is 88.7 cm³/mol. The zero-order valence-electron chi connectivity index (χ0n) is 14.5. The van der Waals surface area contributed by atoms with Gasteiger partial charge in [-0.1, -0.05) is 72.6 Å². The molecule has 22 heavy (non-hydrogen) atoms. The number of hydrogen-bond acceptors (Lipinski definition) is 4. The zero-order chi connectivity index (χ0) is 17.2. The Hall–Kier alpha value is -0.170. The molecule has 0 spiro atoms. The van der Waals surface area contributed by atoms with E-state index in [1.54, 1.807) is 0 Å². The van der Waals surface area contributed by atoms with Crippen LogP contribution in [0.25, 0.3) is 0 Å². The number of hydrogen-bond donors (Lipinski definition) is 2. The largest absolute Gasteiger partial charge is 0.399 e. The minimum absolute atomic E-state index is 0.208. The standard InChI is InChI=1S/C16H34O5S/c1-5-15(12-16(17)21-22(18,19)20)11-7-10-14(4)9-6-8-13(2)3/h13-17H,5-12H2,1-4H3,(H,18,19,20). The van der Waals surface area contributed by atoms with E-state index < -0.39 is 16.7 Å². The van der Waals surface area contributed by atoms with Gasteiger partial charge in [0.2, 0.25) is 0 Å². The molecule has 0 saturated heterocycles. The lowest BCUT2D eigenvalue weighted by Gasteiger charge is -2.19. The van der Waals surface area contributed by atoms with Crippen LogP contribution in [0, 0.1) is 17.8 Å². The van der Waals surface area contributed by atoms with E-state index in [0.717, 1.165) is 31.6 Å². The maximum atomic E-state index is 10.5. The molecule has 5 nitrogen and oxygen atoms in total. The van der Waals surface area contributed by atoms with E-state index in [1.165, 1.54) is 19.3 Å². The molecule has 0 bridgehead atoms. The molecular weight excluding hydrogens is 304 g/mol. The monoisotopic (exact) mass is 338 g/mol. The van der Waals surface area contributed by atoms with Crippen LogP contribution in [0.1, 0.15) is 79.1 Å². The molecule has 6 heteroatoms. The highest BCUT2D eigenvalue weighted by Gasteiger charge is 2.18. The van der Waals surface area contributed by atoms with Gasteiger partial charge in [-0.05, 0) is 17.8 Å². The summed E-state index contributed by atoms with van der Waals surface area (Å²) in [6.07, 6.45) is 6.61. The Morgan fingerprint density at radius 3 is 2.00 bits per heavy atom. The molecule has 0 aromatic rings. The van der Waals surface area contributed by atoms with E-state index in [9.17, 15) is 13.5 Å². The Bertz CT molecular complexity index is 367. The smallest absolute Gasteiger partial charge is 0.367 e. The molecule has 0 radical (unpaired) electrons. The van der Waals surface area contributed by atoms with Crippen LogP contribution in [-0.2, 0) is 14.6 Å². The Kier molecular flexibility index (Phi) is 11.3. The van der Waals surface area contributed by atoms with Gasteiger partial charge >= 0.3 is 10.4 Å². The van der Waals surface area contributed by atoms with E-state index in [-0.39, 0.29) is 12.3 Å². The number of aliphatic hydroxyl groups excluding tert-OH is 1. The molecule has 0 heterocycles. The highest BCUT2D eigenvalue weighted by Crippen LogP contribution is 2.23. The lowest BCUT2D eigenvalue weighted by molar-refractivity contribution is -0.0377. The Balaban J connectivity index is 3.90. The second-order valence-corrected chi connectivity index (χ2v) is 7.90. The molecule has 3 atom stereocenters. The van der Waals surface area contributed by atoms with Crippen LogP contribution in [0.5, 0.6) is 0 Å². The molecule has 0 aliphatic heterocycles. The van der Waals surface area contributed by atoms with E-state index in [0.29, 0.717) is 5.92 Å². The summed E-state index contributed by atoms with van der Waals surface area (Å²) in [5.41, 5.74) is 0. The SMILES string of the molecule is CCC(CCCC(C)CCCC(C)C)CC(O)OS(=O)(=O)O. The lowest BCUT2D eigenvalue weighted by Crippen LogP contribution is -2.20. The molecule has 3 unspecified atom stereocenters. The van der Waals surface area contributed by atoms with Gasteiger partial charge in [0, 0.05) is 6.42 Å². The summed E-state index contributed by atoms with van der Waals surface area (Å²) in [6, 6.07) is 0. The molecule has 0 aliphatic carbocycles. The van der Waals surface area contributed by atoms with Crippen LogP contribution in [0.15, 0.2) is 0 Å². The highest BCUT2D eigenvalue weighted by molar-refractivity contribution is 7.80. The van der Waals surface area contributed by atoms with E-state index in [2.05, 4.69) is 25.0 Å². The first kappa shape index (κ1) is 21.8. The van der Waals surface area contributed by atoms with Crippen LogP contribution in [0.4, 0.5) is 0 Å². The van der Waals surface area contributed by atoms with Crippen molar-refractivity contribution in [3.8, 4) is 0 Å². The molecule has 0 aliphatic rings. The fourth-order valence-corrected chi connectivity index (χ4v) is 3.09. The molecule has 0 aromatic heterocycles. The number of aliphatic hydroxyl groups is 1. The molecule has 0 rings (SSSR count). The quantitative estimate of drug-likeness (QED) is 0.389. The van der Waals surface area contributed by atoms with Crippen LogP contribution in [0.2, 0.25) is 0 Å². The third-order valence-corrected chi connectivity index (χ3v) is 4.60. The minimum atomic E-state index is -4.58. The third kappa shape index (κ3) is 13.5. The van der Waals surface area contributed by atoms with Crippen molar-refractivity contribution in [1.29, 1.82) is 0 Å². The molecule has 0 amide bonds. The lowest BCUT2D eigenvalue weighted by atomic mass is 9.91. The van der Waals surface area contributed by atoms with Gasteiger partial charge in [0.25, 0.3) is 0 Å². The van der Waals surface area contributed by atoms with Gasteiger partial charge in [-0.2, -0.15) is 8.42 Å². The topological polar surface area (TPSA) is 83.8 Å². The summed E-state index contributed by atoms with van der Waals surface area (Å²) in [5, 5.41) is 9.50. The summed E-state index contributed by atoms with van der Waals surface area (Å²) < 4.78 is 33.8. The Morgan fingerprint density at radius 1 is 1.00 bits per heavy atom. The average Bonchev–Trinajstić information content (AvgIpc) is 2.34. The van der Waals surface area contributed by atoms with Gasteiger partial charge in [-0.15, -0.1) is 0 Å². The van der Waals surface area contributed by atoms with Crippen molar-refractivity contribution in [3.05, 3.63) is 0 Å². The minimum Gasteiger partial charge on any atom is -0.367 e. The maximum Gasteiger partial charge on any atom is 0.399 e. The van der Waals surface area contributed by atoms with Gasteiger partial charge in [0.15, 0.2) is 6.29 Å². The molecule has 0 saturated carbocycles. The summed E-state index contributed by atoms with van der Waals surface area (Å²) in [7, 11) is -4.58. The summed E-state index contributed by atoms with van der Waals surface area (Å²) in [4.78, 5) is 0. The van der Waals surface area contributed by atoms with Crippen molar-refractivity contribution < 1.29 is 22.3 Å². The summed E-state index contributed by atoms with van der Waals surface area (Å²) in [6.45, 7) is 8.78. The van der Waals surface area contributed by atoms with Crippen molar-refractivity contribution in [3.63, 3.8) is 0 Å². The van der Waals surface area contributed by atoms with Crippen molar-refractivity contribution in [1.82, 2.24) is 0 Å². The Morgan fingerprint density at radius 2 is 1.55 bits per heavy atom. The van der Waals surface area contributed by atoms with Gasteiger partial charge < -0.3 is 5.11 Å². The molecule has 2 N–H and O–H groups in total. The van der Waals surface area contributed by atoms with E-state index >= 15 is 0 Å². The number of rotatable bonds is 13. The molecule has 0 aromatic carbocycles. The fourth-order valence-electron chi connectivity index (χ4n) is 2.73. The van der Waals surface area contributed by atoms with Crippen LogP contribution in [0.3, 0.4) is 0 Å². The highest BCUT2D eigenvalue weighted by atomic mass is 32.3. The first-order valence-corrected chi connectivity index (χ1v) is 9.84. The van der Waals surface area contributed by atoms with Crippen molar-refractivity contribution in [2.45, 2.75) is 85.4 Å². The van der Waals surface area contributed by atoms with Gasteiger partial charge in [-0.3, -0.25) is 4.55 Å². The Labute approximate surface area is 136 Å². The summed E-state index contributed by atoms with van der Waals surface area (Å²) in [5.74, 6) is 1.68.